The van der Waals surface area contributed by atoms with Gasteiger partial charge in [0.05, 0.1) is 16.1 Å². The predicted octanol–water partition coefficient (Wildman–Crippen LogP) is 4.42. The van der Waals surface area contributed by atoms with Gasteiger partial charge in [-0.15, -0.1) is 0 Å². The van der Waals surface area contributed by atoms with Crippen LogP contribution >= 0.6 is 11.3 Å². The maximum Gasteiger partial charge on any atom is 0.225 e. The Morgan fingerprint density at radius 2 is 2.07 bits per heavy atom. The number of aryl methyl sites for hydroxylation is 1. The molecule has 1 N–H and O–H groups in total. The molecule has 1 aromatic heterocycles. The van der Waals surface area contributed by atoms with E-state index in [1.165, 1.54) is 23.8 Å². The van der Waals surface area contributed by atoms with Crippen LogP contribution in [-0.4, -0.2) is 24.0 Å². The molecule has 7 heteroatoms. The predicted molar refractivity (Wildman–Crippen MR) is 107 cm³/mol. The van der Waals surface area contributed by atoms with Crippen molar-refractivity contribution in [2.75, 3.05) is 18.0 Å². The number of piperidine rings is 1. The van der Waals surface area contributed by atoms with E-state index in [9.17, 15) is 13.6 Å². The van der Waals surface area contributed by atoms with Crippen molar-refractivity contribution in [3.05, 3.63) is 59.2 Å². The summed E-state index contributed by atoms with van der Waals surface area (Å²) in [5.41, 5.74) is 2.05. The minimum absolute atomic E-state index is 0.106. The highest BCUT2D eigenvalue weighted by Crippen LogP contribution is 2.32. The topological polar surface area (TPSA) is 45.2 Å². The monoisotopic (exact) mass is 401 g/mol. The largest absolute Gasteiger partial charge is 0.352 e. The summed E-state index contributed by atoms with van der Waals surface area (Å²) in [6.07, 6.45) is 1.63. The molecule has 4 rings (SSSR count). The fraction of sp³-hybridized carbons (Fsp3) is 0.333. The third kappa shape index (κ3) is 3.85. The number of anilines is 1. The lowest BCUT2D eigenvalue weighted by molar-refractivity contribution is -0.125. The van der Waals surface area contributed by atoms with Gasteiger partial charge in [0.15, 0.2) is 5.13 Å². The molecule has 4 nitrogen and oxygen atoms in total. The number of halogens is 2. The second kappa shape index (κ2) is 7.83. The Hall–Kier alpha value is -2.54. The quantitative estimate of drug-likeness (QED) is 0.704. The first-order chi connectivity index (χ1) is 13.5. The number of amides is 1. The van der Waals surface area contributed by atoms with Gasteiger partial charge < -0.3 is 10.2 Å². The van der Waals surface area contributed by atoms with Crippen LogP contribution in [0.1, 0.15) is 24.0 Å². The zero-order chi connectivity index (χ0) is 19.7. The van der Waals surface area contributed by atoms with Crippen molar-refractivity contribution in [2.45, 2.75) is 26.3 Å². The van der Waals surface area contributed by atoms with Crippen LogP contribution in [0.4, 0.5) is 13.9 Å². The summed E-state index contributed by atoms with van der Waals surface area (Å²) in [5, 5.41) is 3.61. The van der Waals surface area contributed by atoms with Crippen molar-refractivity contribution in [1.29, 1.82) is 0 Å². The van der Waals surface area contributed by atoms with Crippen molar-refractivity contribution in [2.24, 2.45) is 5.92 Å². The van der Waals surface area contributed by atoms with E-state index in [1.807, 2.05) is 12.1 Å². The van der Waals surface area contributed by atoms with E-state index < -0.39 is 11.6 Å². The van der Waals surface area contributed by atoms with Gasteiger partial charge in [-0.05, 0) is 49.6 Å². The van der Waals surface area contributed by atoms with Crippen LogP contribution in [0.2, 0.25) is 0 Å². The van der Waals surface area contributed by atoms with Gasteiger partial charge in [-0.2, -0.15) is 0 Å². The van der Waals surface area contributed by atoms with Crippen LogP contribution in [-0.2, 0) is 11.3 Å². The molecule has 0 bridgehead atoms. The van der Waals surface area contributed by atoms with E-state index in [4.69, 9.17) is 4.98 Å². The Morgan fingerprint density at radius 1 is 1.29 bits per heavy atom. The first kappa shape index (κ1) is 18.8. The molecule has 3 aromatic rings. The summed E-state index contributed by atoms with van der Waals surface area (Å²) in [5.74, 6) is -1.69. The fourth-order valence-corrected chi connectivity index (χ4v) is 4.64. The fourth-order valence-electron chi connectivity index (χ4n) is 3.54. The average Bonchev–Trinajstić information content (AvgIpc) is 3.11. The summed E-state index contributed by atoms with van der Waals surface area (Å²) < 4.78 is 28.6. The number of fused-ring (bicyclic) bond motifs is 1. The molecule has 1 fully saturated rings. The molecule has 1 amide bonds. The highest BCUT2D eigenvalue weighted by atomic mass is 32.1. The zero-order valence-electron chi connectivity index (χ0n) is 15.5. The average molecular weight is 401 g/mol. The van der Waals surface area contributed by atoms with Crippen molar-refractivity contribution >= 4 is 32.6 Å². The molecule has 28 heavy (non-hydrogen) atoms. The van der Waals surface area contributed by atoms with Crippen LogP contribution < -0.4 is 10.2 Å². The molecule has 0 spiro atoms. The molecule has 1 aliphatic heterocycles. The van der Waals surface area contributed by atoms with Gasteiger partial charge in [0.1, 0.15) is 11.6 Å². The van der Waals surface area contributed by atoms with E-state index in [0.717, 1.165) is 34.7 Å². The number of nitrogens with one attached hydrogen (secondary N) is 1. The normalized spacial score (nSPS) is 17.1. The molecule has 0 radical (unpaired) electrons. The number of nitrogens with zero attached hydrogens (tertiary/aromatic N) is 2. The number of aromatic nitrogens is 1. The Labute approximate surface area is 166 Å². The van der Waals surface area contributed by atoms with Gasteiger partial charge in [-0.25, -0.2) is 13.8 Å². The van der Waals surface area contributed by atoms with E-state index in [1.54, 1.807) is 11.3 Å². The van der Waals surface area contributed by atoms with Crippen LogP contribution in [0, 0.1) is 24.5 Å². The lowest BCUT2D eigenvalue weighted by atomic mass is 9.97. The molecule has 0 saturated carbocycles. The maximum absolute atomic E-state index is 13.7. The number of carbonyl (C=O) groups excluding carboxylic acids is 1. The second-order valence-electron chi connectivity index (χ2n) is 7.17. The lowest BCUT2D eigenvalue weighted by Crippen LogP contribution is -2.43. The minimum atomic E-state index is -0.643. The summed E-state index contributed by atoms with van der Waals surface area (Å²) in [6.45, 7) is 3.32. The van der Waals surface area contributed by atoms with Crippen molar-refractivity contribution < 1.29 is 13.6 Å². The number of hydrogen-bond acceptors (Lipinski definition) is 4. The molecular weight excluding hydrogens is 380 g/mol. The smallest absolute Gasteiger partial charge is 0.225 e. The molecule has 1 unspecified atom stereocenters. The van der Waals surface area contributed by atoms with E-state index in [0.29, 0.717) is 6.54 Å². The highest BCUT2D eigenvalue weighted by Gasteiger charge is 2.27. The highest BCUT2D eigenvalue weighted by molar-refractivity contribution is 7.22. The second-order valence-corrected chi connectivity index (χ2v) is 8.18. The number of thiazole rings is 1. The van der Waals surface area contributed by atoms with E-state index >= 15 is 0 Å². The van der Waals surface area contributed by atoms with Gasteiger partial charge in [0, 0.05) is 25.2 Å². The molecule has 1 saturated heterocycles. The van der Waals surface area contributed by atoms with Crippen LogP contribution in [0.15, 0.2) is 36.4 Å². The zero-order valence-corrected chi connectivity index (χ0v) is 16.4. The Morgan fingerprint density at radius 3 is 2.86 bits per heavy atom. The van der Waals surface area contributed by atoms with Crippen molar-refractivity contribution in [3.8, 4) is 0 Å². The number of hydrogen-bond donors (Lipinski definition) is 1. The Kier molecular flexibility index (Phi) is 5.26. The van der Waals surface area contributed by atoms with E-state index in [-0.39, 0.29) is 23.9 Å². The number of carbonyl (C=O) groups is 1. The standard InChI is InChI=1S/C21H21F2N3OS/c1-13-7-8-18-19(10-13)28-21(25-18)26-9-3-4-14(12-26)20(27)24-11-15-16(22)5-2-6-17(15)23/h2,5-8,10,14H,3-4,9,11-12H2,1H3,(H,24,27). The lowest BCUT2D eigenvalue weighted by Gasteiger charge is -2.31. The van der Waals surface area contributed by atoms with Gasteiger partial charge in [0.25, 0.3) is 0 Å². The summed E-state index contributed by atoms with van der Waals surface area (Å²) in [6, 6.07) is 9.88. The number of rotatable bonds is 4. The molecule has 1 aliphatic rings. The van der Waals surface area contributed by atoms with Crippen molar-refractivity contribution in [3.63, 3.8) is 0 Å². The van der Waals surface area contributed by atoms with Gasteiger partial charge >= 0.3 is 0 Å². The third-order valence-corrected chi connectivity index (χ3v) is 6.18. The van der Waals surface area contributed by atoms with Crippen LogP contribution in [0.25, 0.3) is 10.2 Å². The van der Waals surface area contributed by atoms with Gasteiger partial charge in [-0.1, -0.05) is 23.5 Å². The third-order valence-electron chi connectivity index (χ3n) is 5.10. The molecule has 2 heterocycles. The van der Waals surface area contributed by atoms with Crippen molar-refractivity contribution in [1.82, 2.24) is 10.3 Å². The molecule has 0 aliphatic carbocycles. The van der Waals surface area contributed by atoms with Gasteiger partial charge in [0.2, 0.25) is 5.91 Å². The Balaban J connectivity index is 1.43. The molecule has 2 aromatic carbocycles. The molecular formula is C21H21F2N3OS. The van der Waals surface area contributed by atoms with Gasteiger partial charge in [-0.3, -0.25) is 4.79 Å². The Bertz CT molecular complexity index is 1000. The summed E-state index contributed by atoms with van der Waals surface area (Å²) >= 11 is 1.63. The van der Waals surface area contributed by atoms with E-state index in [2.05, 4.69) is 23.2 Å². The van der Waals surface area contributed by atoms with Crippen LogP contribution in [0.3, 0.4) is 0 Å². The van der Waals surface area contributed by atoms with Crippen LogP contribution in [0.5, 0.6) is 0 Å². The summed E-state index contributed by atoms with van der Waals surface area (Å²) in [7, 11) is 0. The molecule has 146 valence electrons. The summed E-state index contributed by atoms with van der Waals surface area (Å²) in [4.78, 5) is 19.4. The SMILES string of the molecule is Cc1ccc2nc(N3CCCC(C(=O)NCc4c(F)cccc4F)C3)sc2c1. The molecule has 1 atom stereocenters. The minimum Gasteiger partial charge on any atom is -0.352 e. The first-order valence-corrected chi connectivity index (χ1v) is 10.2. The first-order valence-electron chi connectivity index (χ1n) is 9.34. The maximum atomic E-state index is 13.7. The number of benzene rings is 2.